The maximum absolute atomic E-state index is 11.8. The molecule has 5 nitrogen and oxygen atoms in total. The summed E-state index contributed by atoms with van der Waals surface area (Å²) in [7, 11) is 0. The molecule has 2 rings (SSSR count). The van der Waals surface area contributed by atoms with Crippen LogP contribution in [-0.4, -0.2) is 63.2 Å². The van der Waals surface area contributed by atoms with Crippen LogP contribution in [0.4, 0.5) is 5.69 Å². The molecule has 1 aromatic rings. The quantitative estimate of drug-likeness (QED) is 0.634. The van der Waals surface area contributed by atoms with Crippen LogP contribution in [0.3, 0.4) is 0 Å². The van der Waals surface area contributed by atoms with Gasteiger partial charge in [0.2, 0.25) is 5.91 Å². The minimum atomic E-state index is 0. The van der Waals surface area contributed by atoms with E-state index in [1.54, 1.807) is 0 Å². The second-order valence-electron chi connectivity index (χ2n) is 6.01. The smallest absolute Gasteiger partial charge is 0.221 e. The highest BCUT2D eigenvalue weighted by Crippen LogP contribution is 2.15. The largest absolute Gasteiger partial charge is 0.369 e. The van der Waals surface area contributed by atoms with Crippen LogP contribution in [0.1, 0.15) is 19.8 Å². The summed E-state index contributed by atoms with van der Waals surface area (Å²) in [5.41, 5.74) is 1.30. The van der Waals surface area contributed by atoms with E-state index in [2.05, 4.69) is 57.7 Å². The van der Waals surface area contributed by atoms with Gasteiger partial charge in [-0.3, -0.25) is 9.69 Å². The second-order valence-corrected chi connectivity index (χ2v) is 6.01. The molecule has 25 heavy (non-hydrogen) atoms. The molecule has 1 aromatic carbocycles. The number of para-hydroxylation sites is 1. The third kappa shape index (κ3) is 9.31. The zero-order valence-corrected chi connectivity index (χ0v) is 16.7. The van der Waals surface area contributed by atoms with Gasteiger partial charge in [-0.2, -0.15) is 0 Å². The molecular formula is C18H32Cl2N4O. The molecule has 0 saturated carbocycles. The lowest BCUT2D eigenvalue weighted by molar-refractivity contribution is -0.121. The van der Waals surface area contributed by atoms with Gasteiger partial charge >= 0.3 is 0 Å². The third-order valence-corrected chi connectivity index (χ3v) is 4.20. The number of nitrogens with one attached hydrogen (secondary N) is 2. The fourth-order valence-corrected chi connectivity index (χ4v) is 2.81. The number of hydrogen-bond donors (Lipinski definition) is 2. The number of carbonyl (C=O) groups is 1. The first-order chi connectivity index (χ1) is 11.3. The molecule has 0 aliphatic carbocycles. The fraction of sp³-hybridized carbons (Fsp3) is 0.611. The zero-order valence-electron chi connectivity index (χ0n) is 15.1. The predicted molar refractivity (Wildman–Crippen MR) is 110 cm³/mol. The van der Waals surface area contributed by atoms with Crippen LogP contribution < -0.4 is 15.5 Å². The SMILES string of the molecule is CCCNCCNC(=O)CCN1CCN(c2ccccc2)CC1.Cl.Cl. The minimum absolute atomic E-state index is 0. The maximum Gasteiger partial charge on any atom is 0.221 e. The molecule has 2 N–H and O–H groups in total. The van der Waals surface area contributed by atoms with E-state index >= 15 is 0 Å². The molecule has 1 aliphatic heterocycles. The molecule has 1 saturated heterocycles. The van der Waals surface area contributed by atoms with Crippen molar-refractivity contribution >= 4 is 36.4 Å². The lowest BCUT2D eigenvalue weighted by Crippen LogP contribution is -2.47. The van der Waals surface area contributed by atoms with Crippen molar-refractivity contribution < 1.29 is 4.79 Å². The van der Waals surface area contributed by atoms with Crippen LogP contribution in [0.15, 0.2) is 30.3 Å². The Hall–Kier alpha value is -1.01. The van der Waals surface area contributed by atoms with Crippen molar-refractivity contribution in [1.82, 2.24) is 15.5 Å². The molecule has 7 heteroatoms. The Morgan fingerprint density at radius 1 is 1.00 bits per heavy atom. The van der Waals surface area contributed by atoms with E-state index in [0.717, 1.165) is 58.8 Å². The zero-order chi connectivity index (χ0) is 16.3. The summed E-state index contributed by atoms with van der Waals surface area (Å²) in [5, 5.41) is 6.26. The van der Waals surface area contributed by atoms with Gasteiger partial charge in [-0.25, -0.2) is 0 Å². The van der Waals surface area contributed by atoms with Gasteiger partial charge in [0.1, 0.15) is 0 Å². The van der Waals surface area contributed by atoms with E-state index < -0.39 is 0 Å². The average molecular weight is 391 g/mol. The summed E-state index contributed by atoms with van der Waals surface area (Å²) < 4.78 is 0. The molecule has 0 atom stereocenters. The molecule has 1 heterocycles. The lowest BCUT2D eigenvalue weighted by Gasteiger charge is -2.36. The van der Waals surface area contributed by atoms with E-state index in [-0.39, 0.29) is 30.7 Å². The summed E-state index contributed by atoms with van der Waals surface area (Å²) in [6.45, 7) is 9.72. The van der Waals surface area contributed by atoms with Crippen molar-refractivity contribution in [3.8, 4) is 0 Å². The van der Waals surface area contributed by atoms with Crippen LogP contribution in [0.25, 0.3) is 0 Å². The first-order valence-corrected chi connectivity index (χ1v) is 8.79. The van der Waals surface area contributed by atoms with Gasteiger partial charge in [-0.1, -0.05) is 25.1 Å². The number of hydrogen-bond acceptors (Lipinski definition) is 4. The first-order valence-electron chi connectivity index (χ1n) is 8.79. The number of piperazine rings is 1. The number of carbonyl (C=O) groups excluding carboxylic acids is 1. The fourth-order valence-electron chi connectivity index (χ4n) is 2.81. The number of halogens is 2. The molecule has 0 unspecified atom stereocenters. The minimum Gasteiger partial charge on any atom is -0.369 e. The molecule has 1 amide bonds. The standard InChI is InChI=1S/C18H30N4O.2ClH/c1-2-9-19-10-11-20-18(23)8-12-21-13-15-22(16-14-21)17-6-4-3-5-7-17;;/h3-7,19H,2,8-16H2,1H3,(H,20,23);2*1H. The summed E-state index contributed by atoms with van der Waals surface area (Å²) >= 11 is 0. The summed E-state index contributed by atoms with van der Waals surface area (Å²) in [6.07, 6.45) is 1.72. The van der Waals surface area contributed by atoms with E-state index in [4.69, 9.17) is 0 Å². The molecule has 0 aromatic heterocycles. The van der Waals surface area contributed by atoms with Crippen molar-refractivity contribution in [1.29, 1.82) is 0 Å². The van der Waals surface area contributed by atoms with Gasteiger partial charge in [0.15, 0.2) is 0 Å². The number of amides is 1. The maximum atomic E-state index is 11.8. The molecule has 1 fully saturated rings. The van der Waals surface area contributed by atoms with Crippen LogP contribution in [0.5, 0.6) is 0 Å². The predicted octanol–water partition coefficient (Wildman–Crippen LogP) is 2.16. The van der Waals surface area contributed by atoms with Crippen LogP contribution in [-0.2, 0) is 4.79 Å². The Balaban J connectivity index is 0.00000288. The Labute approximate surface area is 164 Å². The number of benzene rings is 1. The first kappa shape index (κ1) is 24.0. The van der Waals surface area contributed by atoms with Crippen LogP contribution in [0.2, 0.25) is 0 Å². The van der Waals surface area contributed by atoms with Crippen LogP contribution >= 0.6 is 24.8 Å². The van der Waals surface area contributed by atoms with Gasteiger partial charge in [0, 0.05) is 57.9 Å². The van der Waals surface area contributed by atoms with Gasteiger partial charge in [0.05, 0.1) is 0 Å². The number of rotatable bonds is 9. The Kier molecular flexibility index (Phi) is 13.6. The third-order valence-electron chi connectivity index (χ3n) is 4.20. The van der Waals surface area contributed by atoms with Gasteiger partial charge < -0.3 is 15.5 Å². The lowest BCUT2D eigenvalue weighted by atomic mass is 10.2. The number of anilines is 1. The number of nitrogens with zero attached hydrogens (tertiary/aromatic N) is 2. The second kappa shape index (κ2) is 14.2. The molecular weight excluding hydrogens is 359 g/mol. The van der Waals surface area contributed by atoms with Crippen LogP contribution in [0, 0.1) is 0 Å². The highest BCUT2D eigenvalue weighted by Gasteiger charge is 2.17. The summed E-state index contributed by atoms with van der Waals surface area (Å²) in [6, 6.07) is 10.5. The highest BCUT2D eigenvalue weighted by molar-refractivity contribution is 5.85. The van der Waals surface area contributed by atoms with Crippen molar-refractivity contribution in [2.45, 2.75) is 19.8 Å². The Bertz CT molecular complexity index is 454. The molecule has 1 aliphatic rings. The highest BCUT2D eigenvalue weighted by atomic mass is 35.5. The van der Waals surface area contributed by atoms with Gasteiger partial charge in [0.25, 0.3) is 0 Å². The van der Waals surface area contributed by atoms with Gasteiger partial charge in [-0.05, 0) is 25.1 Å². The van der Waals surface area contributed by atoms with Crippen molar-refractivity contribution in [2.75, 3.05) is 57.3 Å². The van der Waals surface area contributed by atoms with E-state index in [1.165, 1.54) is 5.69 Å². The average Bonchev–Trinajstić information content (AvgIpc) is 2.61. The monoisotopic (exact) mass is 390 g/mol. The molecule has 0 bridgehead atoms. The Morgan fingerprint density at radius 2 is 1.68 bits per heavy atom. The summed E-state index contributed by atoms with van der Waals surface area (Å²) in [5.74, 6) is 0.161. The van der Waals surface area contributed by atoms with Gasteiger partial charge in [-0.15, -0.1) is 24.8 Å². The van der Waals surface area contributed by atoms with E-state index in [1.807, 2.05) is 0 Å². The molecule has 0 radical (unpaired) electrons. The topological polar surface area (TPSA) is 47.6 Å². The normalized spacial score (nSPS) is 14.4. The van der Waals surface area contributed by atoms with Crippen molar-refractivity contribution in [2.24, 2.45) is 0 Å². The van der Waals surface area contributed by atoms with E-state index in [9.17, 15) is 4.79 Å². The Morgan fingerprint density at radius 3 is 2.32 bits per heavy atom. The molecule has 0 spiro atoms. The van der Waals surface area contributed by atoms with E-state index in [0.29, 0.717) is 6.42 Å². The van der Waals surface area contributed by atoms with Crippen molar-refractivity contribution in [3.05, 3.63) is 30.3 Å². The van der Waals surface area contributed by atoms with Crippen molar-refractivity contribution in [3.63, 3.8) is 0 Å². The summed E-state index contributed by atoms with van der Waals surface area (Å²) in [4.78, 5) is 16.6. The molecule has 144 valence electrons.